The predicted octanol–water partition coefficient (Wildman–Crippen LogP) is 7.33. The van der Waals surface area contributed by atoms with E-state index in [-0.39, 0.29) is 7.92 Å². The van der Waals surface area contributed by atoms with Crippen LogP contribution in [0.25, 0.3) is 0 Å². The van der Waals surface area contributed by atoms with Gasteiger partial charge in [0.1, 0.15) is 10.7 Å². The summed E-state index contributed by atoms with van der Waals surface area (Å²) in [6.45, 7) is 6.96. The minimum Gasteiger partial charge on any atom is -0.368 e. The molecule has 0 fully saturated rings. The van der Waals surface area contributed by atoms with Gasteiger partial charge in [0, 0.05) is 18.0 Å². The minimum absolute atomic E-state index is 0.0675. The number of nitrogens with zero attached hydrogens (tertiary/aromatic N) is 1. The Morgan fingerprint density at radius 1 is 1.11 bits per heavy atom. The highest BCUT2D eigenvalue weighted by atomic mass is 35.5. The fourth-order valence-corrected chi connectivity index (χ4v) is 7.14. The zero-order valence-electron chi connectivity index (χ0n) is 17.3. The Bertz CT molecular complexity index is 592. The van der Waals surface area contributed by atoms with E-state index in [0.717, 1.165) is 11.8 Å². The predicted molar refractivity (Wildman–Crippen MR) is 129 cm³/mol. The molecular formula is C21H34Cl2N2OPS+. The standard InChI is InChI=1S/C12H27P.C9H6Cl2N2OS/c1-4-7-10-13(11-8-5-2)12-9-6-3;10-5-1-2-6(7(11)3-5)8(9(13)14)15-4-12/h4-12H2,1-3H3;1-3,8H,(H2,13,14)/p+1. The highest BCUT2D eigenvalue weighted by Crippen LogP contribution is 2.38. The van der Waals surface area contributed by atoms with Crippen LogP contribution < -0.4 is 5.73 Å². The van der Waals surface area contributed by atoms with Gasteiger partial charge in [-0.1, -0.05) is 69.3 Å². The molecule has 1 atom stereocenters. The molecule has 7 heteroatoms. The number of benzene rings is 1. The lowest BCUT2D eigenvalue weighted by molar-refractivity contribution is -0.117. The minimum atomic E-state index is -0.764. The van der Waals surface area contributed by atoms with Crippen LogP contribution >= 0.6 is 42.9 Å². The molecule has 2 N–H and O–H groups in total. The number of hydrogen-bond donors (Lipinski definition) is 1. The highest BCUT2D eigenvalue weighted by molar-refractivity contribution is 8.04. The second-order valence-corrected chi connectivity index (χ2v) is 11.5. The summed E-state index contributed by atoms with van der Waals surface area (Å²) >= 11 is 12.4. The van der Waals surface area contributed by atoms with Gasteiger partial charge in [0.05, 0.1) is 18.5 Å². The Hall–Kier alpha value is -0.460. The molecule has 28 heavy (non-hydrogen) atoms. The topological polar surface area (TPSA) is 66.9 Å². The number of nitrogens with two attached hydrogens (primary N) is 1. The summed E-state index contributed by atoms with van der Waals surface area (Å²) < 4.78 is 0. The van der Waals surface area contributed by atoms with Crippen LogP contribution in [0.1, 0.15) is 70.1 Å². The Kier molecular flexibility index (Phi) is 17.1. The summed E-state index contributed by atoms with van der Waals surface area (Å²) in [5, 5.41) is 10.4. The van der Waals surface area contributed by atoms with Crippen LogP contribution in [0.4, 0.5) is 0 Å². The maximum absolute atomic E-state index is 11.1. The summed E-state index contributed by atoms with van der Waals surface area (Å²) in [5.41, 5.74) is 5.66. The number of rotatable bonds is 12. The monoisotopic (exact) mass is 463 g/mol. The van der Waals surface area contributed by atoms with Crippen molar-refractivity contribution in [1.29, 1.82) is 5.26 Å². The van der Waals surface area contributed by atoms with Gasteiger partial charge in [-0.05, 0) is 48.7 Å². The molecule has 0 saturated heterocycles. The zero-order valence-corrected chi connectivity index (χ0v) is 20.6. The van der Waals surface area contributed by atoms with Crippen molar-refractivity contribution in [3.63, 3.8) is 0 Å². The number of hydrogen-bond acceptors (Lipinski definition) is 3. The molecule has 0 aliphatic heterocycles. The van der Waals surface area contributed by atoms with E-state index in [0.29, 0.717) is 15.6 Å². The van der Waals surface area contributed by atoms with Crippen LogP contribution in [0.5, 0.6) is 0 Å². The Labute approximate surface area is 186 Å². The van der Waals surface area contributed by atoms with E-state index in [4.69, 9.17) is 34.2 Å². The third-order valence-electron chi connectivity index (χ3n) is 4.33. The summed E-state index contributed by atoms with van der Waals surface area (Å²) in [6.07, 6.45) is 13.4. The molecule has 0 aliphatic rings. The first-order valence-corrected chi connectivity index (χ1v) is 13.8. The number of halogens is 2. The molecule has 0 saturated carbocycles. The van der Waals surface area contributed by atoms with Crippen LogP contribution in [0.15, 0.2) is 18.2 Å². The van der Waals surface area contributed by atoms with Gasteiger partial charge in [0.2, 0.25) is 5.91 Å². The molecule has 1 rings (SSSR count). The van der Waals surface area contributed by atoms with Gasteiger partial charge in [-0.2, -0.15) is 5.26 Å². The van der Waals surface area contributed by atoms with Gasteiger partial charge in [-0.15, -0.1) is 0 Å². The van der Waals surface area contributed by atoms with E-state index in [2.05, 4.69) is 20.8 Å². The zero-order chi connectivity index (χ0) is 21.4. The first-order valence-electron chi connectivity index (χ1n) is 10.0. The molecule has 1 aromatic rings. The first kappa shape index (κ1) is 27.5. The molecule has 158 valence electrons. The lowest BCUT2D eigenvalue weighted by Gasteiger charge is -2.10. The van der Waals surface area contributed by atoms with Crippen LogP contribution in [-0.4, -0.2) is 24.4 Å². The van der Waals surface area contributed by atoms with Gasteiger partial charge in [0.25, 0.3) is 0 Å². The molecule has 1 unspecified atom stereocenters. The van der Waals surface area contributed by atoms with E-state index in [1.54, 1.807) is 30.6 Å². The molecule has 0 bridgehead atoms. The van der Waals surface area contributed by atoms with Crippen molar-refractivity contribution < 1.29 is 4.79 Å². The number of thiocyanates is 1. The van der Waals surface area contributed by atoms with Gasteiger partial charge < -0.3 is 5.73 Å². The van der Waals surface area contributed by atoms with Crippen molar-refractivity contribution in [1.82, 2.24) is 0 Å². The summed E-state index contributed by atoms with van der Waals surface area (Å²) in [5.74, 6) is -0.606. The Morgan fingerprint density at radius 3 is 1.96 bits per heavy atom. The third kappa shape index (κ3) is 12.2. The molecule has 3 nitrogen and oxygen atoms in total. The highest BCUT2D eigenvalue weighted by Gasteiger charge is 2.21. The molecule has 1 aromatic carbocycles. The summed E-state index contributed by atoms with van der Waals surface area (Å²) in [6, 6.07) is 4.69. The van der Waals surface area contributed by atoms with Crippen molar-refractivity contribution in [2.24, 2.45) is 5.73 Å². The van der Waals surface area contributed by atoms with Crippen molar-refractivity contribution in [3.8, 4) is 5.40 Å². The van der Waals surface area contributed by atoms with Crippen LogP contribution in [0, 0.1) is 10.7 Å². The van der Waals surface area contributed by atoms with Crippen molar-refractivity contribution in [2.45, 2.75) is 64.5 Å². The fourth-order valence-electron chi connectivity index (χ4n) is 2.70. The fraction of sp³-hybridized carbons (Fsp3) is 0.619. The van der Waals surface area contributed by atoms with Crippen LogP contribution in [-0.2, 0) is 4.79 Å². The van der Waals surface area contributed by atoms with Crippen molar-refractivity contribution in [2.75, 3.05) is 18.5 Å². The number of nitriles is 1. The number of primary amides is 1. The molecule has 0 heterocycles. The van der Waals surface area contributed by atoms with Gasteiger partial charge in [0.15, 0.2) is 0 Å². The van der Waals surface area contributed by atoms with Crippen molar-refractivity contribution >= 4 is 48.8 Å². The van der Waals surface area contributed by atoms with E-state index in [1.807, 2.05) is 5.40 Å². The molecule has 0 aliphatic carbocycles. The molecule has 0 aromatic heterocycles. The average Bonchev–Trinajstić information content (AvgIpc) is 2.66. The van der Waals surface area contributed by atoms with E-state index < -0.39 is 11.2 Å². The number of carbonyl (C=O) groups excluding carboxylic acids is 1. The normalized spacial score (nSPS) is 11.5. The number of unbranched alkanes of at least 4 members (excludes halogenated alkanes) is 3. The average molecular weight is 464 g/mol. The Balaban J connectivity index is 0.000000528. The second kappa shape index (κ2) is 17.4. The van der Waals surface area contributed by atoms with Gasteiger partial charge in [-0.25, -0.2) is 0 Å². The number of carbonyl (C=O) groups is 1. The van der Waals surface area contributed by atoms with E-state index in [9.17, 15) is 4.79 Å². The summed E-state index contributed by atoms with van der Waals surface area (Å²) in [7, 11) is 0.0675. The number of amides is 1. The van der Waals surface area contributed by atoms with Crippen LogP contribution in [0.3, 0.4) is 0 Å². The lowest BCUT2D eigenvalue weighted by Crippen LogP contribution is -2.18. The maximum Gasteiger partial charge on any atom is 0.236 e. The number of thioether (sulfide) groups is 1. The first-order chi connectivity index (χ1) is 13.4. The van der Waals surface area contributed by atoms with Crippen molar-refractivity contribution in [3.05, 3.63) is 33.8 Å². The SMILES string of the molecule is CCCC[PH+](CCCC)CCCC.N#CSC(C(N)=O)c1ccc(Cl)cc1Cl. The summed E-state index contributed by atoms with van der Waals surface area (Å²) in [4.78, 5) is 11.1. The smallest absolute Gasteiger partial charge is 0.236 e. The van der Waals surface area contributed by atoms with E-state index >= 15 is 0 Å². The maximum atomic E-state index is 11.1. The van der Waals surface area contributed by atoms with Gasteiger partial charge >= 0.3 is 0 Å². The molecule has 0 radical (unpaired) electrons. The molecule has 0 spiro atoms. The van der Waals surface area contributed by atoms with Crippen LogP contribution in [0.2, 0.25) is 10.0 Å². The second-order valence-electron chi connectivity index (χ2n) is 6.72. The largest absolute Gasteiger partial charge is 0.368 e. The third-order valence-corrected chi connectivity index (χ3v) is 8.90. The van der Waals surface area contributed by atoms with Gasteiger partial charge in [-0.3, -0.25) is 4.79 Å². The molecule has 1 amide bonds. The molecular weight excluding hydrogens is 430 g/mol. The Morgan fingerprint density at radius 2 is 1.61 bits per heavy atom. The quantitative estimate of drug-likeness (QED) is 0.260. The lowest BCUT2D eigenvalue weighted by atomic mass is 10.1. The van der Waals surface area contributed by atoms with E-state index in [1.165, 1.54) is 44.6 Å².